The smallest absolute Gasteiger partial charge is 0.225 e. The average molecular weight is 374 g/mol. The molecule has 1 aliphatic heterocycles. The van der Waals surface area contributed by atoms with E-state index in [0.717, 1.165) is 54.4 Å². The van der Waals surface area contributed by atoms with Crippen LogP contribution in [0.3, 0.4) is 0 Å². The Balaban J connectivity index is 1.74. The van der Waals surface area contributed by atoms with Crippen LogP contribution in [-0.2, 0) is 4.74 Å². The molecule has 1 fully saturated rings. The van der Waals surface area contributed by atoms with Gasteiger partial charge in [-0.1, -0.05) is 35.9 Å². The quantitative estimate of drug-likeness (QED) is 0.663. The fourth-order valence-electron chi connectivity index (χ4n) is 3.81. The van der Waals surface area contributed by atoms with Crippen LogP contribution in [0, 0.1) is 12.8 Å². The van der Waals surface area contributed by atoms with E-state index < -0.39 is 0 Å². The van der Waals surface area contributed by atoms with Gasteiger partial charge < -0.3 is 9.64 Å². The number of hydrogen-bond donors (Lipinski definition) is 0. The summed E-state index contributed by atoms with van der Waals surface area (Å²) in [4.78, 5) is 16.3. The maximum Gasteiger partial charge on any atom is 0.225 e. The minimum absolute atomic E-state index is 0.531. The summed E-state index contributed by atoms with van der Waals surface area (Å²) in [6.07, 6.45) is 7.93. The van der Waals surface area contributed by atoms with Crippen molar-refractivity contribution in [1.29, 1.82) is 0 Å². The zero-order valence-electron chi connectivity index (χ0n) is 16.5. The summed E-state index contributed by atoms with van der Waals surface area (Å²) in [5.74, 6) is 1.33. The van der Waals surface area contributed by atoms with Crippen molar-refractivity contribution in [2.45, 2.75) is 19.8 Å². The van der Waals surface area contributed by atoms with Crippen molar-refractivity contribution in [3.8, 4) is 22.4 Å². The molecule has 2 aromatic heterocycles. The highest BCUT2D eigenvalue weighted by atomic mass is 16.5. The fraction of sp³-hybridized carbons (Fsp3) is 0.348. The highest BCUT2D eigenvalue weighted by Gasteiger charge is 2.23. The van der Waals surface area contributed by atoms with Crippen LogP contribution in [0.25, 0.3) is 22.4 Å². The number of aryl methyl sites for hydroxylation is 1. The first-order valence-corrected chi connectivity index (χ1v) is 9.83. The fourth-order valence-corrected chi connectivity index (χ4v) is 3.81. The Morgan fingerprint density at radius 1 is 1.11 bits per heavy atom. The molecule has 0 amide bonds. The zero-order valence-corrected chi connectivity index (χ0v) is 16.5. The number of pyridine rings is 1. The third-order valence-corrected chi connectivity index (χ3v) is 5.28. The van der Waals surface area contributed by atoms with Gasteiger partial charge in [0, 0.05) is 55.5 Å². The van der Waals surface area contributed by atoms with Crippen molar-refractivity contribution in [1.82, 2.24) is 15.0 Å². The number of nitrogens with zero attached hydrogens (tertiary/aromatic N) is 4. The van der Waals surface area contributed by atoms with Crippen LogP contribution >= 0.6 is 0 Å². The molecule has 3 aromatic rings. The number of benzene rings is 1. The maximum absolute atomic E-state index is 5.37. The molecule has 1 aromatic carbocycles. The molecule has 1 atom stereocenters. The van der Waals surface area contributed by atoms with Crippen molar-refractivity contribution >= 4 is 5.95 Å². The summed E-state index contributed by atoms with van der Waals surface area (Å²) >= 11 is 0. The molecule has 0 spiro atoms. The topological polar surface area (TPSA) is 51.1 Å². The molecule has 0 aliphatic carbocycles. The van der Waals surface area contributed by atoms with E-state index in [2.05, 4.69) is 47.1 Å². The van der Waals surface area contributed by atoms with Crippen LogP contribution in [0.4, 0.5) is 5.95 Å². The number of methoxy groups -OCH3 is 1. The molecule has 5 heteroatoms. The molecule has 4 rings (SSSR count). The van der Waals surface area contributed by atoms with Gasteiger partial charge in [-0.05, 0) is 31.7 Å². The summed E-state index contributed by atoms with van der Waals surface area (Å²) in [6, 6.07) is 12.5. The second-order valence-corrected chi connectivity index (χ2v) is 7.45. The summed E-state index contributed by atoms with van der Waals surface area (Å²) < 4.78 is 5.37. The second kappa shape index (κ2) is 8.48. The molecular weight excluding hydrogens is 348 g/mol. The number of anilines is 1. The highest BCUT2D eigenvalue weighted by molar-refractivity contribution is 5.80. The molecule has 0 radical (unpaired) electrons. The van der Waals surface area contributed by atoms with E-state index in [4.69, 9.17) is 14.7 Å². The van der Waals surface area contributed by atoms with Crippen molar-refractivity contribution < 1.29 is 4.74 Å². The molecule has 1 aliphatic rings. The lowest BCUT2D eigenvalue weighted by Crippen LogP contribution is -2.38. The normalized spacial score (nSPS) is 16.9. The van der Waals surface area contributed by atoms with Crippen LogP contribution in [-0.4, -0.2) is 41.8 Å². The van der Waals surface area contributed by atoms with Crippen molar-refractivity contribution in [3.05, 3.63) is 60.6 Å². The maximum atomic E-state index is 5.37. The van der Waals surface area contributed by atoms with Crippen LogP contribution in [0.2, 0.25) is 0 Å². The van der Waals surface area contributed by atoms with Gasteiger partial charge in [0.1, 0.15) is 0 Å². The van der Waals surface area contributed by atoms with Crippen molar-refractivity contribution in [3.63, 3.8) is 0 Å². The third-order valence-electron chi connectivity index (χ3n) is 5.28. The van der Waals surface area contributed by atoms with Crippen LogP contribution in [0.1, 0.15) is 18.4 Å². The SMILES string of the molecule is COC[C@@H]1CCCN(c2ncc(-c3cccnc3)c(-c3ccc(C)cc3)n2)C1. The minimum Gasteiger partial charge on any atom is -0.384 e. The van der Waals surface area contributed by atoms with Crippen LogP contribution < -0.4 is 4.90 Å². The largest absolute Gasteiger partial charge is 0.384 e. The van der Waals surface area contributed by atoms with Crippen LogP contribution in [0.5, 0.6) is 0 Å². The van der Waals surface area contributed by atoms with Gasteiger partial charge in [-0.2, -0.15) is 0 Å². The Bertz CT molecular complexity index is 910. The van der Waals surface area contributed by atoms with Gasteiger partial charge >= 0.3 is 0 Å². The van der Waals surface area contributed by atoms with Gasteiger partial charge in [0.05, 0.1) is 12.3 Å². The molecule has 144 valence electrons. The molecule has 28 heavy (non-hydrogen) atoms. The predicted octanol–water partition coefficient (Wildman–Crippen LogP) is 4.38. The molecule has 5 nitrogen and oxygen atoms in total. The van der Waals surface area contributed by atoms with Crippen LogP contribution in [0.15, 0.2) is 55.0 Å². The predicted molar refractivity (Wildman–Crippen MR) is 112 cm³/mol. The third kappa shape index (κ3) is 4.04. The second-order valence-electron chi connectivity index (χ2n) is 7.45. The molecular formula is C23H26N4O. The summed E-state index contributed by atoms with van der Waals surface area (Å²) in [5.41, 5.74) is 5.32. The molecule has 3 heterocycles. The molecule has 0 bridgehead atoms. The number of aromatic nitrogens is 3. The van der Waals surface area contributed by atoms with E-state index in [0.29, 0.717) is 5.92 Å². The Morgan fingerprint density at radius 3 is 2.71 bits per heavy atom. The number of hydrogen-bond acceptors (Lipinski definition) is 5. The van der Waals surface area contributed by atoms with Gasteiger partial charge in [0.15, 0.2) is 0 Å². The van der Waals surface area contributed by atoms with Gasteiger partial charge in [0.25, 0.3) is 0 Å². The lowest BCUT2D eigenvalue weighted by atomic mass is 9.99. The van der Waals surface area contributed by atoms with Gasteiger partial charge in [0.2, 0.25) is 5.95 Å². The zero-order chi connectivity index (χ0) is 19.3. The molecule has 0 saturated carbocycles. The first-order chi connectivity index (χ1) is 13.7. The van der Waals surface area contributed by atoms with Gasteiger partial charge in [-0.25, -0.2) is 9.97 Å². The van der Waals surface area contributed by atoms with Crippen molar-refractivity contribution in [2.24, 2.45) is 5.92 Å². The number of piperidine rings is 1. The standard InChI is InChI=1S/C23H26N4O/c1-17-7-9-19(10-8-17)22-21(20-6-3-11-24-13-20)14-25-23(26-22)27-12-4-5-18(15-27)16-28-2/h3,6-11,13-14,18H,4-5,12,15-16H2,1-2H3/t18-/m1/s1. The Morgan fingerprint density at radius 2 is 1.96 bits per heavy atom. The van der Waals surface area contributed by atoms with E-state index >= 15 is 0 Å². The van der Waals surface area contributed by atoms with Crippen molar-refractivity contribution in [2.75, 3.05) is 31.7 Å². The highest BCUT2D eigenvalue weighted by Crippen LogP contribution is 2.32. The number of ether oxygens (including phenoxy) is 1. The summed E-state index contributed by atoms with van der Waals surface area (Å²) in [5, 5.41) is 0. The Hall–Kier alpha value is -2.79. The van der Waals surface area contributed by atoms with E-state index in [1.165, 1.54) is 12.0 Å². The first-order valence-electron chi connectivity index (χ1n) is 9.83. The van der Waals surface area contributed by atoms with E-state index in [-0.39, 0.29) is 0 Å². The minimum atomic E-state index is 0.531. The first kappa shape index (κ1) is 18.6. The summed E-state index contributed by atoms with van der Waals surface area (Å²) in [7, 11) is 1.77. The van der Waals surface area contributed by atoms with E-state index in [1.807, 2.05) is 18.5 Å². The van der Waals surface area contributed by atoms with E-state index in [9.17, 15) is 0 Å². The number of rotatable bonds is 5. The van der Waals surface area contributed by atoms with Gasteiger partial charge in [-0.15, -0.1) is 0 Å². The molecule has 0 N–H and O–H groups in total. The Kier molecular flexibility index (Phi) is 5.63. The average Bonchev–Trinajstić information content (AvgIpc) is 2.75. The summed E-state index contributed by atoms with van der Waals surface area (Å²) in [6.45, 7) is 4.81. The lowest BCUT2D eigenvalue weighted by molar-refractivity contribution is 0.143. The van der Waals surface area contributed by atoms with E-state index in [1.54, 1.807) is 13.3 Å². The molecule has 1 saturated heterocycles. The van der Waals surface area contributed by atoms with Gasteiger partial charge in [-0.3, -0.25) is 4.98 Å². The Labute approximate surface area is 166 Å². The lowest BCUT2D eigenvalue weighted by Gasteiger charge is -2.32. The molecule has 0 unspecified atom stereocenters. The monoisotopic (exact) mass is 374 g/mol.